The molecule has 0 radical (unpaired) electrons. The van der Waals surface area contributed by atoms with Crippen molar-refractivity contribution < 1.29 is 32.6 Å². The fourth-order valence-corrected chi connectivity index (χ4v) is 1.46. The lowest BCUT2D eigenvalue weighted by Gasteiger charge is -2.28. The third-order valence-electron chi connectivity index (χ3n) is 2.58. The van der Waals surface area contributed by atoms with Gasteiger partial charge in [0, 0.05) is 0 Å². The third kappa shape index (κ3) is 4.01. The summed E-state index contributed by atoms with van der Waals surface area (Å²) in [5, 5.41) is 10.2. The summed E-state index contributed by atoms with van der Waals surface area (Å²) in [6.07, 6.45) is -5.15. The van der Waals surface area contributed by atoms with E-state index in [1.807, 2.05) is 0 Å². The number of rotatable bonds is 5. The Bertz CT molecular complexity index is 550. The Hall–Kier alpha value is -1.96. The van der Waals surface area contributed by atoms with Crippen molar-refractivity contribution in [2.24, 2.45) is 0 Å². The summed E-state index contributed by atoms with van der Waals surface area (Å²) in [5.41, 5.74) is -3.39. The summed E-state index contributed by atoms with van der Waals surface area (Å²) in [6, 6.07) is 6.03. The molecule has 21 heavy (non-hydrogen) atoms. The molecule has 0 aliphatic heterocycles. The number of benzene rings is 1. The van der Waals surface area contributed by atoms with Gasteiger partial charge in [-0.15, -0.1) is 0 Å². The number of halogens is 4. The first-order chi connectivity index (χ1) is 9.58. The lowest BCUT2D eigenvalue weighted by atomic mass is 10.0. The molecule has 0 heterocycles. The number of para-hydroxylation sites is 1. The number of carbonyl (C=O) groups is 2. The van der Waals surface area contributed by atoms with Gasteiger partial charge < -0.3 is 15.2 Å². The standard InChI is InChI=1S/C12H11ClF3NO4/c1-11(10(19)20,12(14,15)16)17-9(18)6-21-8-5-3-2-4-7(8)13/h2-5H,6H2,1H3,(H,17,18)(H,19,20). The fourth-order valence-electron chi connectivity index (χ4n) is 1.27. The molecular formula is C12H11ClF3NO4. The molecule has 1 aromatic carbocycles. The predicted octanol–water partition coefficient (Wildman–Crippen LogP) is 2.24. The second kappa shape index (κ2) is 6.21. The number of carboxylic acids is 1. The van der Waals surface area contributed by atoms with Crippen LogP contribution >= 0.6 is 11.6 Å². The summed E-state index contributed by atoms with van der Waals surface area (Å²) >= 11 is 5.73. The molecule has 9 heteroatoms. The third-order valence-corrected chi connectivity index (χ3v) is 2.89. The van der Waals surface area contributed by atoms with Crippen molar-refractivity contribution in [3.05, 3.63) is 29.3 Å². The summed E-state index contributed by atoms with van der Waals surface area (Å²) in [7, 11) is 0. The van der Waals surface area contributed by atoms with Crippen LogP contribution in [0.2, 0.25) is 5.02 Å². The monoisotopic (exact) mass is 325 g/mol. The molecule has 1 aromatic rings. The van der Waals surface area contributed by atoms with E-state index in [0.717, 1.165) is 0 Å². The highest BCUT2D eigenvalue weighted by Gasteiger charge is 2.58. The molecule has 0 saturated carbocycles. The minimum absolute atomic E-state index is 0.0957. The molecule has 1 amide bonds. The Labute approximate surface area is 122 Å². The summed E-state index contributed by atoms with van der Waals surface area (Å²) in [5.74, 6) is -3.36. The van der Waals surface area contributed by atoms with Gasteiger partial charge in [0.1, 0.15) is 5.75 Å². The zero-order valence-corrected chi connectivity index (χ0v) is 11.5. The van der Waals surface area contributed by atoms with Crippen LogP contribution in [0.4, 0.5) is 13.2 Å². The van der Waals surface area contributed by atoms with Gasteiger partial charge in [0.15, 0.2) is 6.61 Å². The Morgan fingerprint density at radius 3 is 2.38 bits per heavy atom. The van der Waals surface area contributed by atoms with Crippen LogP contribution in [0.5, 0.6) is 5.75 Å². The van der Waals surface area contributed by atoms with E-state index in [-0.39, 0.29) is 10.8 Å². The Morgan fingerprint density at radius 2 is 1.90 bits per heavy atom. The Morgan fingerprint density at radius 1 is 1.33 bits per heavy atom. The van der Waals surface area contributed by atoms with Crippen molar-refractivity contribution in [3.63, 3.8) is 0 Å². The van der Waals surface area contributed by atoms with Crippen LogP contribution in [0.3, 0.4) is 0 Å². The lowest BCUT2D eigenvalue weighted by molar-refractivity contribution is -0.207. The molecule has 0 aliphatic rings. The molecule has 0 spiro atoms. The van der Waals surface area contributed by atoms with Gasteiger partial charge in [-0.05, 0) is 19.1 Å². The van der Waals surface area contributed by atoms with E-state index < -0.39 is 30.2 Å². The maximum absolute atomic E-state index is 12.7. The highest BCUT2D eigenvalue weighted by molar-refractivity contribution is 6.32. The number of aliphatic carboxylic acids is 1. The van der Waals surface area contributed by atoms with Crippen molar-refractivity contribution in [2.75, 3.05) is 6.61 Å². The minimum atomic E-state index is -5.15. The van der Waals surface area contributed by atoms with Gasteiger partial charge in [0.05, 0.1) is 5.02 Å². The number of nitrogens with one attached hydrogen (secondary N) is 1. The molecular weight excluding hydrogens is 315 g/mol. The molecule has 0 aromatic heterocycles. The van der Waals surface area contributed by atoms with Crippen molar-refractivity contribution in [3.8, 4) is 5.75 Å². The maximum Gasteiger partial charge on any atom is 0.422 e. The van der Waals surface area contributed by atoms with E-state index >= 15 is 0 Å². The molecule has 116 valence electrons. The lowest BCUT2D eigenvalue weighted by Crippen LogP contribution is -2.62. The summed E-state index contributed by atoms with van der Waals surface area (Å²) < 4.78 is 43.0. The van der Waals surface area contributed by atoms with Crippen molar-refractivity contribution in [1.82, 2.24) is 5.32 Å². The fraction of sp³-hybridized carbons (Fsp3) is 0.333. The average Bonchev–Trinajstić information content (AvgIpc) is 2.36. The Balaban J connectivity index is 2.73. The molecule has 1 rings (SSSR count). The van der Waals surface area contributed by atoms with Crippen molar-refractivity contribution >= 4 is 23.5 Å². The van der Waals surface area contributed by atoms with E-state index in [4.69, 9.17) is 21.4 Å². The van der Waals surface area contributed by atoms with Gasteiger partial charge in [0.2, 0.25) is 5.54 Å². The first kappa shape index (κ1) is 17.1. The van der Waals surface area contributed by atoms with Crippen molar-refractivity contribution in [2.45, 2.75) is 18.6 Å². The maximum atomic E-state index is 12.7. The Kier molecular flexibility index (Phi) is 5.06. The predicted molar refractivity (Wildman–Crippen MR) is 67.2 cm³/mol. The summed E-state index contributed by atoms with van der Waals surface area (Å²) in [4.78, 5) is 22.2. The SMILES string of the molecule is CC(NC(=O)COc1ccccc1Cl)(C(=O)O)C(F)(F)F. The second-order valence-electron chi connectivity index (χ2n) is 4.20. The van der Waals surface area contributed by atoms with E-state index in [1.165, 1.54) is 17.4 Å². The number of hydrogen-bond donors (Lipinski definition) is 2. The van der Waals surface area contributed by atoms with Crippen LogP contribution < -0.4 is 10.1 Å². The van der Waals surface area contributed by atoms with Gasteiger partial charge in [-0.25, -0.2) is 4.79 Å². The van der Waals surface area contributed by atoms with Crippen LogP contribution in [-0.4, -0.2) is 35.3 Å². The number of ether oxygens (including phenoxy) is 1. The molecule has 0 bridgehead atoms. The zero-order chi connectivity index (χ0) is 16.3. The van der Waals surface area contributed by atoms with E-state index in [9.17, 15) is 22.8 Å². The molecule has 1 atom stereocenters. The van der Waals surface area contributed by atoms with Gasteiger partial charge >= 0.3 is 12.1 Å². The van der Waals surface area contributed by atoms with Gasteiger partial charge in [0.25, 0.3) is 5.91 Å². The second-order valence-corrected chi connectivity index (χ2v) is 4.60. The first-order valence-corrected chi connectivity index (χ1v) is 5.94. The van der Waals surface area contributed by atoms with Crippen molar-refractivity contribution in [1.29, 1.82) is 0 Å². The molecule has 0 aliphatic carbocycles. The van der Waals surface area contributed by atoms with E-state index in [0.29, 0.717) is 6.92 Å². The first-order valence-electron chi connectivity index (χ1n) is 5.56. The largest absolute Gasteiger partial charge is 0.482 e. The highest BCUT2D eigenvalue weighted by Crippen LogP contribution is 2.30. The van der Waals surface area contributed by atoms with Crippen LogP contribution in [-0.2, 0) is 9.59 Å². The van der Waals surface area contributed by atoms with Crippen LogP contribution in [0, 0.1) is 0 Å². The summed E-state index contributed by atoms with van der Waals surface area (Å²) in [6.45, 7) is -0.453. The average molecular weight is 326 g/mol. The topological polar surface area (TPSA) is 75.6 Å². The van der Waals surface area contributed by atoms with Gasteiger partial charge in [-0.3, -0.25) is 4.79 Å². The van der Waals surface area contributed by atoms with Crippen LogP contribution in [0.1, 0.15) is 6.92 Å². The van der Waals surface area contributed by atoms with Crippen LogP contribution in [0.15, 0.2) is 24.3 Å². The molecule has 1 unspecified atom stereocenters. The van der Waals surface area contributed by atoms with Gasteiger partial charge in [-0.2, -0.15) is 13.2 Å². The molecule has 0 saturated heterocycles. The number of carboxylic acid groups (broad SMARTS) is 1. The molecule has 0 fully saturated rings. The number of alkyl halides is 3. The quantitative estimate of drug-likeness (QED) is 0.870. The van der Waals surface area contributed by atoms with Crippen LogP contribution in [0.25, 0.3) is 0 Å². The number of hydrogen-bond acceptors (Lipinski definition) is 3. The molecule has 2 N–H and O–H groups in total. The molecule has 5 nitrogen and oxygen atoms in total. The normalized spacial score (nSPS) is 14.1. The zero-order valence-electron chi connectivity index (χ0n) is 10.7. The highest BCUT2D eigenvalue weighted by atomic mass is 35.5. The number of carbonyl (C=O) groups excluding carboxylic acids is 1. The van der Waals surface area contributed by atoms with E-state index in [1.54, 1.807) is 12.1 Å². The minimum Gasteiger partial charge on any atom is -0.482 e. The van der Waals surface area contributed by atoms with Gasteiger partial charge in [-0.1, -0.05) is 23.7 Å². The van der Waals surface area contributed by atoms with E-state index in [2.05, 4.69) is 0 Å². The number of amides is 1. The smallest absolute Gasteiger partial charge is 0.422 e.